The first-order valence-corrected chi connectivity index (χ1v) is 6.94. The van der Waals surface area contributed by atoms with E-state index in [1.54, 1.807) is 6.26 Å². The molecule has 0 unspecified atom stereocenters. The third-order valence-corrected chi connectivity index (χ3v) is 3.10. The number of nitrogens with one attached hydrogen (secondary N) is 1. The Morgan fingerprint density at radius 2 is 2.16 bits per heavy atom. The molecule has 2 aromatic rings. The summed E-state index contributed by atoms with van der Waals surface area (Å²) < 4.78 is 7.49. The Morgan fingerprint density at radius 1 is 1.37 bits per heavy atom. The molecule has 4 heteroatoms. The second-order valence-corrected chi connectivity index (χ2v) is 5.21. The van der Waals surface area contributed by atoms with Crippen molar-refractivity contribution >= 4 is 0 Å². The first-order chi connectivity index (χ1) is 9.11. The number of aryl methyl sites for hydroxylation is 2. The number of rotatable bonds is 6. The fourth-order valence-electron chi connectivity index (χ4n) is 2.20. The van der Waals surface area contributed by atoms with Crippen LogP contribution in [0.1, 0.15) is 38.6 Å². The van der Waals surface area contributed by atoms with Gasteiger partial charge in [-0.3, -0.25) is 4.68 Å². The quantitative estimate of drug-likeness (QED) is 0.868. The summed E-state index contributed by atoms with van der Waals surface area (Å²) in [7, 11) is 1.97. The molecule has 0 aliphatic carbocycles. The Balaban J connectivity index is 2.28. The predicted molar refractivity (Wildman–Crippen MR) is 76.9 cm³/mol. The largest absolute Gasteiger partial charge is 0.467 e. The van der Waals surface area contributed by atoms with Crippen molar-refractivity contribution < 1.29 is 4.42 Å². The molecule has 2 rings (SSSR count). The molecule has 0 fully saturated rings. The van der Waals surface area contributed by atoms with Crippen molar-refractivity contribution in [2.45, 2.75) is 46.2 Å². The molecule has 0 aliphatic heterocycles. The van der Waals surface area contributed by atoms with Crippen LogP contribution in [0.15, 0.2) is 22.9 Å². The fourth-order valence-corrected chi connectivity index (χ4v) is 2.20. The SMILES string of the molecule is CCCc1nn(C)cc1-c1ccoc1CNC(C)C. The Bertz CT molecular complexity index is 525. The molecule has 0 aliphatic rings. The fraction of sp³-hybridized carbons (Fsp3) is 0.533. The van der Waals surface area contributed by atoms with E-state index in [0.717, 1.165) is 36.4 Å². The summed E-state index contributed by atoms with van der Waals surface area (Å²) in [6.07, 6.45) is 5.93. The zero-order chi connectivity index (χ0) is 13.8. The zero-order valence-corrected chi connectivity index (χ0v) is 12.2. The summed E-state index contributed by atoms with van der Waals surface area (Å²) in [5.74, 6) is 0.985. The predicted octanol–water partition coefficient (Wildman–Crippen LogP) is 3.13. The lowest BCUT2D eigenvalue weighted by Crippen LogP contribution is -2.21. The van der Waals surface area contributed by atoms with Gasteiger partial charge >= 0.3 is 0 Å². The van der Waals surface area contributed by atoms with Gasteiger partial charge in [-0.05, 0) is 12.5 Å². The molecule has 0 amide bonds. The minimum absolute atomic E-state index is 0.446. The van der Waals surface area contributed by atoms with Crippen molar-refractivity contribution in [2.75, 3.05) is 0 Å². The molecule has 0 saturated carbocycles. The van der Waals surface area contributed by atoms with Crippen LogP contribution in [0.5, 0.6) is 0 Å². The van der Waals surface area contributed by atoms with Crippen LogP contribution in [0, 0.1) is 0 Å². The number of hydrogen-bond donors (Lipinski definition) is 1. The van der Waals surface area contributed by atoms with Crippen LogP contribution < -0.4 is 5.32 Å². The smallest absolute Gasteiger partial charge is 0.125 e. The average molecular weight is 261 g/mol. The summed E-state index contributed by atoms with van der Waals surface area (Å²) in [6.45, 7) is 7.19. The van der Waals surface area contributed by atoms with E-state index in [9.17, 15) is 0 Å². The number of aromatic nitrogens is 2. The molecule has 19 heavy (non-hydrogen) atoms. The van der Waals surface area contributed by atoms with Crippen LogP contribution in [-0.4, -0.2) is 15.8 Å². The maximum atomic E-state index is 5.61. The van der Waals surface area contributed by atoms with Crippen molar-refractivity contribution in [2.24, 2.45) is 7.05 Å². The monoisotopic (exact) mass is 261 g/mol. The molecule has 2 aromatic heterocycles. The Morgan fingerprint density at radius 3 is 2.84 bits per heavy atom. The lowest BCUT2D eigenvalue weighted by Gasteiger charge is -2.07. The van der Waals surface area contributed by atoms with Crippen LogP contribution in [0.4, 0.5) is 0 Å². The topological polar surface area (TPSA) is 43.0 Å². The minimum Gasteiger partial charge on any atom is -0.467 e. The molecule has 4 nitrogen and oxygen atoms in total. The molecule has 0 saturated heterocycles. The van der Waals surface area contributed by atoms with E-state index in [-0.39, 0.29) is 0 Å². The van der Waals surface area contributed by atoms with Crippen molar-refractivity contribution in [3.05, 3.63) is 30.0 Å². The Hall–Kier alpha value is -1.55. The molecular weight excluding hydrogens is 238 g/mol. The first-order valence-electron chi connectivity index (χ1n) is 6.94. The van der Waals surface area contributed by atoms with E-state index in [1.807, 2.05) is 17.8 Å². The molecule has 0 radical (unpaired) electrons. The van der Waals surface area contributed by atoms with E-state index < -0.39 is 0 Å². The maximum absolute atomic E-state index is 5.61. The highest BCUT2D eigenvalue weighted by Gasteiger charge is 2.15. The molecule has 0 aromatic carbocycles. The Kier molecular flexibility index (Phi) is 4.43. The van der Waals surface area contributed by atoms with Gasteiger partial charge in [0, 0.05) is 30.4 Å². The van der Waals surface area contributed by atoms with Crippen LogP contribution >= 0.6 is 0 Å². The van der Waals surface area contributed by atoms with E-state index in [2.05, 4.69) is 37.4 Å². The number of hydrogen-bond acceptors (Lipinski definition) is 3. The standard InChI is InChI=1S/C15H23N3O/c1-5-6-14-13(10-18(4)17-14)12-7-8-19-15(12)9-16-11(2)3/h7-8,10-11,16H,5-6,9H2,1-4H3. The van der Waals surface area contributed by atoms with Crippen molar-refractivity contribution in [1.82, 2.24) is 15.1 Å². The van der Waals surface area contributed by atoms with Gasteiger partial charge in [-0.15, -0.1) is 0 Å². The number of furan rings is 1. The van der Waals surface area contributed by atoms with E-state index >= 15 is 0 Å². The van der Waals surface area contributed by atoms with Crippen LogP contribution in [0.25, 0.3) is 11.1 Å². The van der Waals surface area contributed by atoms with Crippen molar-refractivity contribution in [3.8, 4) is 11.1 Å². The van der Waals surface area contributed by atoms with Crippen LogP contribution in [-0.2, 0) is 20.0 Å². The summed E-state index contributed by atoms with van der Waals surface area (Å²) in [5, 5.41) is 7.94. The second kappa shape index (κ2) is 6.06. The highest BCUT2D eigenvalue weighted by atomic mass is 16.3. The van der Waals surface area contributed by atoms with Gasteiger partial charge in [-0.25, -0.2) is 0 Å². The van der Waals surface area contributed by atoms with Crippen LogP contribution in [0.2, 0.25) is 0 Å². The Labute approximate surface area is 114 Å². The first kappa shape index (κ1) is 13.9. The molecule has 0 bridgehead atoms. The molecule has 1 N–H and O–H groups in total. The second-order valence-electron chi connectivity index (χ2n) is 5.21. The normalized spacial score (nSPS) is 11.4. The van der Waals surface area contributed by atoms with Gasteiger partial charge in [0.2, 0.25) is 0 Å². The van der Waals surface area contributed by atoms with Gasteiger partial charge in [0.15, 0.2) is 0 Å². The maximum Gasteiger partial charge on any atom is 0.125 e. The third-order valence-electron chi connectivity index (χ3n) is 3.10. The summed E-state index contributed by atoms with van der Waals surface area (Å²) in [6, 6.07) is 2.48. The molecule has 0 atom stereocenters. The highest BCUT2D eigenvalue weighted by Crippen LogP contribution is 2.28. The summed E-state index contributed by atoms with van der Waals surface area (Å²) in [4.78, 5) is 0. The van der Waals surface area contributed by atoms with Crippen LogP contribution in [0.3, 0.4) is 0 Å². The van der Waals surface area contributed by atoms with Crippen molar-refractivity contribution in [1.29, 1.82) is 0 Å². The number of nitrogens with zero attached hydrogens (tertiary/aromatic N) is 2. The highest BCUT2D eigenvalue weighted by molar-refractivity contribution is 5.67. The van der Waals surface area contributed by atoms with Gasteiger partial charge in [0.1, 0.15) is 5.76 Å². The van der Waals surface area contributed by atoms with Gasteiger partial charge in [0.05, 0.1) is 18.5 Å². The molecule has 0 spiro atoms. The average Bonchev–Trinajstić information content (AvgIpc) is 2.93. The molecular formula is C15H23N3O. The van der Waals surface area contributed by atoms with Gasteiger partial charge in [0.25, 0.3) is 0 Å². The summed E-state index contributed by atoms with van der Waals surface area (Å²) >= 11 is 0. The van der Waals surface area contributed by atoms with E-state index in [1.165, 1.54) is 5.56 Å². The molecule has 2 heterocycles. The van der Waals surface area contributed by atoms with E-state index in [0.29, 0.717) is 6.04 Å². The lowest BCUT2D eigenvalue weighted by atomic mass is 10.0. The lowest BCUT2D eigenvalue weighted by molar-refractivity contribution is 0.466. The zero-order valence-electron chi connectivity index (χ0n) is 12.2. The van der Waals surface area contributed by atoms with Crippen molar-refractivity contribution in [3.63, 3.8) is 0 Å². The van der Waals surface area contributed by atoms with E-state index in [4.69, 9.17) is 4.42 Å². The van der Waals surface area contributed by atoms with Gasteiger partial charge < -0.3 is 9.73 Å². The van der Waals surface area contributed by atoms with Gasteiger partial charge in [-0.2, -0.15) is 5.10 Å². The summed E-state index contributed by atoms with van der Waals surface area (Å²) in [5.41, 5.74) is 3.50. The third kappa shape index (κ3) is 3.26. The van der Waals surface area contributed by atoms with Gasteiger partial charge in [-0.1, -0.05) is 27.2 Å². The molecule has 104 valence electrons. The minimum atomic E-state index is 0.446.